The van der Waals surface area contributed by atoms with Gasteiger partial charge in [0.2, 0.25) is 0 Å². The van der Waals surface area contributed by atoms with Gasteiger partial charge in [-0.25, -0.2) is 0 Å². The van der Waals surface area contributed by atoms with Gasteiger partial charge in [-0.15, -0.1) is 0 Å². The monoisotopic (exact) mass is 443 g/mol. The minimum Gasteiger partial charge on any atom is -0.507 e. The molecule has 1 heterocycles. The van der Waals surface area contributed by atoms with Gasteiger partial charge in [0.05, 0.1) is 29.9 Å². The van der Waals surface area contributed by atoms with Gasteiger partial charge < -0.3 is 19.5 Å². The lowest BCUT2D eigenvalue weighted by Gasteiger charge is -2.25. The molecule has 0 saturated carbocycles. The van der Waals surface area contributed by atoms with Crippen LogP contribution in [-0.2, 0) is 9.59 Å². The Morgan fingerprint density at radius 1 is 1.13 bits per heavy atom. The molecule has 6 nitrogen and oxygen atoms in total. The zero-order valence-electron chi connectivity index (χ0n) is 18.0. The molecule has 1 unspecified atom stereocenters. The van der Waals surface area contributed by atoms with Crippen molar-refractivity contribution in [3.05, 3.63) is 64.2 Å². The normalized spacial score (nSPS) is 18.0. The molecule has 164 valence electrons. The van der Waals surface area contributed by atoms with Crippen molar-refractivity contribution in [3.63, 3.8) is 0 Å². The Morgan fingerprint density at radius 2 is 1.77 bits per heavy atom. The van der Waals surface area contributed by atoms with Gasteiger partial charge in [-0.05, 0) is 56.2 Å². The molecule has 7 heteroatoms. The lowest BCUT2D eigenvalue weighted by Crippen LogP contribution is -2.30. The Morgan fingerprint density at radius 3 is 2.35 bits per heavy atom. The van der Waals surface area contributed by atoms with E-state index in [2.05, 4.69) is 0 Å². The van der Waals surface area contributed by atoms with Gasteiger partial charge in [-0.1, -0.05) is 30.7 Å². The molecule has 1 amide bonds. The summed E-state index contributed by atoms with van der Waals surface area (Å²) in [6.45, 7) is 6.17. The Kier molecular flexibility index (Phi) is 6.91. The highest BCUT2D eigenvalue weighted by molar-refractivity contribution is 6.47. The van der Waals surface area contributed by atoms with Crippen LogP contribution in [0.3, 0.4) is 0 Å². The summed E-state index contributed by atoms with van der Waals surface area (Å²) in [5, 5.41) is 11.4. The van der Waals surface area contributed by atoms with Gasteiger partial charge in [-0.3, -0.25) is 9.59 Å². The molecule has 0 spiro atoms. The van der Waals surface area contributed by atoms with Crippen molar-refractivity contribution in [1.82, 2.24) is 4.90 Å². The molecular weight excluding hydrogens is 418 g/mol. The summed E-state index contributed by atoms with van der Waals surface area (Å²) in [7, 11) is 1.49. The third-order valence-electron chi connectivity index (χ3n) is 5.00. The van der Waals surface area contributed by atoms with E-state index < -0.39 is 17.7 Å². The van der Waals surface area contributed by atoms with Gasteiger partial charge in [0.15, 0.2) is 0 Å². The van der Waals surface area contributed by atoms with Crippen LogP contribution in [-0.4, -0.2) is 41.5 Å². The number of likely N-dealkylation sites (tertiary alicyclic amines) is 1. The summed E-state index contributed by atoms with van der Waals surface area (Å²) in [6, 6.07) is 11.2. The van der Waals surface area contributed by atoms with E-state index in [0.29, 0.717) is 30.0 Å². The Bertz CT molecular complexity index is 1010. The second-order valence-corrected chi connectivity index (χ2v) is 7.98. The standard InChI is InChI=1S/C24H26ClNO5/c1-5-12-26-21(15-6-8-16(9-7-15)31-14(2)3)20(23(28)24(26)29)22(27)18-13-17(30-4)10-11-19(18)25/h6-11,13-14,21,27H,5,12H2,1-4H3/b22-20+. The van der Waals surface area contributed by atoms with Gasteiger partial charge in [0.25, 0.3) is 11.7 Å². The van der Waals surface area contributed by atoms with Crippen molar-refractivity contribution >= 4 is 29.1 Å². The first-order valence-corrected chi connectivity index (χ1v) is 10.5. The summed E-state index contributed by atoms with van der Waals surface area (Å²) in [4.78, 5) is 27.2. The van der Waals surface area contributed by atoms with E-state index in [1.54, 1.807) is 42.5 Å². The molecule has 1 aliphatic heterocycles. The molecule has 1 N–H and O–H groups in total. The fourth-order valence-electron chi connectivity index (χ4n) is 3.66. The third kappa shape index (κ3) is 4.54. The molecule has 1 aliphatic rings. The van der Waals surface area contributed by atoms with Crippen LogP contribution in [0, 0.1) is 0 Å². The number of nitrogens with zero attached hydrogens (tertiary/aromatic N) is 1. The first-order valence-electron chi connectivity index (χ1n) is 10.2. The Balaban J connectivity index is 2.15. The van der Waals surface area contributed by atoms with Crippen molar-refractivity contribution in [3.8, 4) is 11.5 Å². The molecule has 1 saturated heterocycles. The number of aliphatic hydroxyl groups excluding tert-OH is 1. The zero-order valence-corrected chi connectivity index (χ0v) is 18.8. The molecule has 2 aromatic carbocycles. The highest BCUT2D eigenvalue weighted by Gasteiger charge is 2.45. The van der Waals surface area contributed by atoms with Gasteiger partial charge in [0, 0.05) is 12.1 Å². The number of benzene rings is 2. The molecule has 0 radical (unpaired) electrons. The Hall–Kier alpha value is -2.99. The maximum atomic E-state index is 13.0. The van der Waals surface area contributed by atoms with E-state index in [1.807, 2.05) is 20.8 Å². The van der Waals surface area contributed by atoms with E-state index in [4.69, 9.17) is 21.1 Å². The smallest absolute Gasteiger partial charge is 0.295 e. The van der Waals surface area contributed by atoms with Crippen LogP contribution in [0.2, 0.25) is 5.02 Å². The second-order valence-electron chi connectivity index (χ2n) is 7.57. The number of methoxy groups -OCH3 is 1. The molecule has 0 bridgehead atoms. The minimum absolute atomic E-state index is 0.00568. The average molecular weight is 444 g/mol. The van der Waals surface area contributed by atoms with E-state index in [0.717, 1.165) is 0 Å². The summed E-state index contributed by atoms with van der Waals surface area (Å²) in [6.07, 6.45) is 0.685. The van der Waals surface area contributed by atoms with Crippen LogP contribution >= 0.6 is 11.6 Å². The molecule has 2 aromatic rings. The number of carbonyl (C=O) groups excluding carboxylic acids is 2. The lowest BCUT2D eigenvalue weighted by molar-refractivity contribution is -0.139. The van der Waals surface area contributed by atoms with E-state index in [1.165, 1.54) is 12.0 Å². The summed E-state index contributed by atoms with van der Waals surface area (Å²) < 4.78 is 10.9. The summed E-state index contributed by atoms with van der Waals surface area (Å²) in [5.74, 6) is -0.553. The number of hydrogen-bond acceptors (Lipinski definition) is 5. The Labute approximate surface area is 187 Å². The van der Waals surface area contributed by atoms with Crippen LogP contribution in [0.15, 0.2) is 48.0 Å². The van der Waals surface area contributed by atoms with Gasteiger partial charge >= 0.3 is 0 Å². The zero-order chi connectivity index (χ0) is 22.7. The average Bonchev–Trinajstić information content (AvgIpc) is 2.99. The SMILES string of the molecule is CCCN1C(=O)C(=O)/C(=C(/O)c2cc(OC)ccc2Cl)C1c1ccc(OC(C)C)cc1. The highest BCUT2D eigenvalue weighted by Crippen LogP contribution is 2.41. The largest absolute Gasteiger partial charge is 0.507 e. The first-order chi connectivity index (χ1) is 14.8. The van der Waals surface area contributed by atoms with Crippen LogP contribution < -0.4 is 9.47 Å². The topological polar surface area (TPSA) is 76.1 Å². The highest BCUT2D eigenvalue weighted by atomic mass is 35.5. The van der Waals surface area contributed by atoms with E-state index in [-0.39, 0.29) is 28.0 Å². The van der Waals surface area contributed by atoms with Crippen LogP contribution in [0.25, 0.3) is 5.76 Å². The van der Waals surface area contributed by atoms with Crippen LogP contribution in [0.4, 0.5) is 0 Å². The molecule has 0 aromatic heterocycles. The predicted molar refractivity (Wildman–Crippen MR) is 120 cm³/mol. The van der Waals surface area contributed by atoms with Crippen molar-refractivity contribution in [2.75, 3.05) is 13.7 Å². The quantitative estimate of drug-likeness (QED) is 0.371. The number of amides is 1. The molecule has 3 rings (SSSR count). The molecule has 0 aliphatic carbocycles. The molecule has 1 fully saturated rings. The van der Waals surface area contributed by atoms with E-state index in [9.17, 15) is 14.7 Å². The summed E-state index contributed by atoms with van der Waals surface area (Å²) >= 11 is 6.29. The number of halogens is 1. The minimum atomic E-state index is -0.739. The first kappa shape index (κ1) is 22.7. The van der Waals surface area contributed by atoms with Crippen molar-refractivity contribution in [1.29, 1.82) is 0 Å². The number of aliphatic hydroxyl groups is 1. The van der Waals surface area contributed by atoms with Crippen LogP contribution in [0.5, 0.6) is 11.5 Å². The molecule has 31 heavy (non-hydrogen) atoms. The number of hydrogen-bond donors (Lipinski definition) is 1. The fourth-order valence-corrected chi connectivity index (χ4v) is 3.86. The molecule has 1 atom stereocenters. The van der Waals surface area contributed by atoms with E-state index >= 15 is 0 Å². The number of carbonyl (C=O) groups is 2. The number of ether oxygens (including phenoxy) is 2. The van der Waals surface area contributed by atoms with Crippen molar-refractivity contribution < 1.29 is 24.2 Å². The van der Waals surface area contributed by atoms with Crippen molar-refractivity contribution in [2.45, 2.75) is 39.3 Å². The number of ketones is 1. The number of rotatable bonds is 7. The molecular formula is C24H26ClNO5. The number of Topliss-reactive ketones (excluding diaryl/α,β-unsaturated/α-hetero) is 1. The van der Waals surface area contributed by atoms with Crippen molar-refractivity contribution in [2.24, 2.45) is 0 Å². The van der Waals surface area contributed by atoms with Gasteiger partial charge in [-0.2, -0.15) is 0 Å². The van der Waals surface area contributed by atoms with Crippen LogP contribution in [0.1, 0.15) is 44.4 Å². The predicted octanol–water partition coefficient (Wildman–Crippen LogP) is 4.97. The fraction of sp³-hybridized carbons (Fsp3) is 0.333. The summed E-state index contributed by atoms with van der Waals surface area (Å²) in [5.41, 5.74) is 0.940. The second kappa shape index (κ2) is 9.43. The van der Waals surface area contributed by atoms with Gasteiger partial charge in [0.1, 0.15) is 17.3 Å². The third-order valence-corrected chi connectivity index (χ3v) is 5.33. The maximum Gasteiger partial charge on any atom is 0.295 e. The lowest BCUT2D eigenvalue weighted by atomic mass is 9.95. The maximum absolute atomic E-state index is 13.0.